The van der Waals surface area contributed by atoms with Crippen molar-refractivity contribution >= 4 is 21.6 Å². The van der Waals surface area contributed by atoms with E-state index < -0.39 is 26.7 Å². The molecule has 1 rings (SSSR count). The van der Waals surface area contributed by atoms with Crippen molar-refractivity contribution < 1.29 is 13.7 Å². The third-order valence-corrected chi connectivity index (χ3v) is 1.63. The van der Waals surface area contributed by atoms with Crippen LogP contribution in [0.3, 0.4) is 0 Å². The summed E-state index contributed by atoms with van der Waals surface area (Å²) in [6.45, 7) is -13.1. The Morgan fingerprint density at radius 1 is 1.67 bits per heavy atom. The molecular weight excluding hydrogens is 216 g/mol. The zero-order valence-electron chi connectivity index (χ0n) is 16.0. The summed E-state index contributed by atoms with van der Waals surface area (Å²) in [5, 5.41) is 0. The number of anilines is 1. The fourth-order valence-corrected chi connectivity index (χ4v) is 1.04. The van der Waals surface area contributed by atoms with Gasteiger partial charge in [-0.3, -0.25) is 0 Å². The van der Waals surface area contributed by atoms with E-state index >= 15 is 0 Å². The molecule has 0 saturated carbocycles. The SMILES string of the molecule is [2H]C([2H])([2H])C([2H])([2H])N(c1ccnc(Br)c1)C([2H])([2H])C([2H])([2H])[2H]. The van der Waals surface area contributed by atoms with Crippen molar-refractivity contribution in [1.29, 1.82) is 0 Å². The van der Waals surface area contributed by atoms with E-state index in [1.807, 2.05) is 0 Å². The zero-order valence-corrected chi connectivity index (χ0v) is 7.59. The molecule has 3 heteroatoms. The molecule has 0 saturated heterocycles. The average molecular weight is 239 g/mol. The third kappa shape index (κ3) is 2.21. The lowest BCUT2D eigenvalue weighted by Crippen LogP contribution is -2.21. The highest BCUT2D eigenvalue weighted by molar-refractivity contribution is 9.10. The fraction of sp³-hybridized carbons (Fsp3) is 0.444. The van der Waals surface area contributed by atoms with Gasteiger partial charge in [0.15, 0.2) is 0 Å². The number of aromatic nitrogens is 1. The van der Waals surface area contributed by atoms with Crippen molar-refractivity contribution in [2.45, 2.75) is 13.7 Å². The van der Waals surface area contributed by atoms with Gasteiger partial charge in [0.1, 0.15) is 4.60 Å². The van der Waals surface area contributed by atoms with Gasteiger partial charge in [0.05, 0.1) is 0 Å². The van der Waals surface area contributed by atoms with E-state index in [9.17, 15) is 0 Å². The van der Waals surface area contributed by atoms with Gasteiger partial charge in [-0.25, -0.2) is 4.98 Å². The Labute approximate surface area is 95.8 Å². The molecule has 0 amide bonds. The maximum absolute atomic E-state index is 7.78. The number of halogens is 1. The zero-order chi connectivity index (χ0) is 17.6. The summed E-state index contributed by atoms with van der Waals surface area (Å²) in [4.78, 5) is 3.89. The van der Waals surface area contributed by atoms with Gasteiger partial charge in [0, 0.05) is 38.6 Å². The van der Waals surface area contributed by atoms with Gasteiger partial charge >= 0.3 is 0 Å². The minimum absolute atomic E-state index is 0.117. The molecule has 0 aliphatic rings. The molecule has 0 aliphatic heterocycles. The normalized spacial score (nSPS) is 26.8. The van der Waals surface area contributed by atoms with Crippen molar-refractivity contribution in [3.63, 3.8) is 0 Å². The third-order valence-electron chi connectivity index (χ3n) is 1.19. The lowest BCUT2D eigenvalue weighted by atomic mass is 10.3. The number of rotatable bonds is 3. The molecule has 0 bridgehead atoms. The summed E-state index contributed by atoms with van der Waals surface area (Å²) < 4.78 is 75.1. The second-order valence-electron chi connectivity index (χ2n) is 1.90. The van der Waals surface area contributed by atoms with Gasteiger partial charge in [-0.15, -0.1) is 0 Å². The molecule has 2 nitrogen and oxygen atoms in total. The lowest BCUT2D eigenvalue weighted by Gasteiger charge is -2.20. The van der Waals surface area contributed by atoms with Gasteiger partial charge in [0.2, 0.25) is 0 Å². The van der Waals surface area contributed by atoms with Gasteiger partial charge in [-0.05, 0) is 41.8 Å². The first-order chi connectivity index (χ1) is 9.62. The van der Waals surface area contributed by atoms with E-state index in [2.05, 4.69) is 20.9 Å². The molecule has 0 unspecified atom stereocenters. The Morgan fingerprint density at radius 3 is 3.00 bits per heavy atom. The maximum Gasteiger partial charge on any atom is 0.108 e. The number of hydrogen-bond acceptors (Lipinski definition) is 2. The molecule has 1 heterocycles. The van der Waals surface area contributed by atoms with Crippen LogP contribution in [-0.4, -0.2) is 18.0 Å². The van der Waals surface area contributed by atoms with E-state index in [4.69, 9.17) is 13.7 Å². The predicted molar refractivity (Wildman–Crippen MR) is 55.5 cm³/mol. The monoisotopic (exact) mass is 238 g/mol. The Bertz CT molecular complexity index is 512. The summed E-state index contributed by atoms with van der Waals surface area (Å²) in [6.07, 6.45) is 1.18. The van der Waals surface area contributed by atoms with Crippen LogP contribution < -0.4 is 4.90 Å². The highest BCUT2D eigenvalue weighted by Gasteiger charge is 2.00. The number of pyridine rings is 1. The number of hydrogen-bond donors (Lipinski definition) is 0. The molecular formula is C9H13BrN2. The van der Waals surface area contributed by atoms with E-state index in [1.165, 1.54) is 6.20 Å². The number of nitrogens with zero attached hydrogens (tertiary/aromatic N) is 2. The Hall–Kier alpha value is -0.570. The second-order valence-corrected chi connectivity index (χ2v) is 2.71. The molecule has 0 atom stereocenters. The highest BCUT2D eigenvalue weighted by atomic mass is 79.9. The van der Waals surface area contributed by atoms with E-state index in [1.54, 1.807) is 0 Å². The summed E-state index contributed by atoms with van der Waals surface area (Å²) in [5.41, 5.74) is -0.260. The minimum Gasteiger partial charge on any atom is -0.372 e. The van der Waals surface area contributed by atoms with Crippen LogP contribution in [0, 0.1) is 0 Å². The van der Waals surface area contributed by atoms with Gasteiger partial charge < -0.3 is 4.90 Å². The molecule has 66 valence electrons. The summed E-state index contributed by atoms with van der Waals surface area (Å²) in [5.74, 6) is 0. The molecule has 0 radical (unpaired) electrons. The van der Waals surface area contributed by atoms with Crippen LogP contribution in [0.4, 0.5) is 5.69 Å². The van der Waals surface area contributed by atoms with Crippen LogP contribution in [0.15, 0.2) is 22.9 Å². The largest absolute Gasteiger partial charge is 0.372 e. The smallest absolute Gasteiger partial charge is 0.108 e. The first-order valence-corrected chi connectivity index (χ1v) is 3.83. The lowest BCUT2D eigenvalue weighted by molar-refractivity contribution is 0.864. The standard InChI is InChI=1S/C9H13BrN2/c1-3-12(4-2)8-5-6-11-9(10)7-8/h5-7H,3-4H2,1-2H3/i1D3,2D3,3D2,4D2. The Kier molecular flexibility index (Phi) is 1.00. The van der Waals surface area contributed by atoms with Crippen LogP contribution in [0.2, 0.25) is 0 Å². The van der Waals surface area contributed by atoms with Crippen molar-refractivity contribution in [3.8, 4) is 0 Å². The minimum atomic E-state index is -3.28. The van der Waals surface area contributed by atoms with Crippen molar-refractivity contribution in [2.75, 3.05) is 17.9 Å². The fourth-order valence-electron chi connectivity index (χ4n) is 0.688. The average Bonchev–Trinajstić information content (AvgIpc) is 2.24. The molecule has 0 aromatic carbocycles. The Balaban J connectivity index is 3.61. The van der Waals surface area contributed by atoms with E-state index in [0.717, 1.165) is 12.1 Å². The topological polar surface area (TPSA) is 16.1 Å². The van der Waals surface area contributed by atoms with Crippen molar-refractivity contribution in [2.24, 2.45) is 0 Å². The first kappa shape index (κ1) is 2.71. The molecule has 0 N–H and O–H groups in total. The highest BCUT2D eigenvalue weighted by Crippen LogP contribution is 2.16. The molecule has 0 spiro atoms. The van der Waals surface area contributed by atoms with Gasteiger partial charge in [-0.2, -0.15) is 0 Å². The van der Waals surface area contributed by atoms with Crippen molar-refractivity contribution in [3.05, 3.63) is 22.9 Å². The molecule has 1 aromatic rings. The van der Waals surface area contributed by atoms with Gasteiger partial charge in [0.25, 0.3) is 0 Å². The van der Waals surface area contributed by atoms with Crippen LogP contribution in [0.5, 0.6) is 0 Å². The molecule has 0 fully saturated rings. The first-order valence-electron chi connectivity index (χ1n) is 8.04. The molecule has 1 aromatic heterocycles. The summed E-state index contributed by atoms with van der Waals surface area (Å²) in [6, 6.07) is 2.28. The second kappa shape index (κ2) is 4.45. The van der Waals surface area contributed by atoms with Crippen molar-refractivity contribution in [1.82, 2.24) is 4.98 Å². The molecule has 0 aliphatic carbocycles. The van der Waals surface area contributed by atoms with Crippen LogP contribution in [0.1, 0.15) is 27.4 Å². The van der Waals surface area contributed by atoms with Gasteiger partial charge in [-0.1, -0.05) is 0 Å². The summed E-state index contributed by atoms with van der Waals surface area (Å²) >= 11 is 3.00. The van der Waals surface area contributed by atoms with Crippen LogP contribution in [-0.2, 0) is 0 Å². The van der Waals surface area contributed by atoms with E-state index in [0.29, 0.717) is 0 Å². The molecule has 12 heavy (non-hydrogen) atoms. The summed E-state index contributed by atoms with van der Waals surface area (Å²) in [7, 11) is 0. The van der Waals surface area contributed by atoms with Crippen LogP contribution in [0.25, 0.3) is 0 Å². The maximum atomic E-state index is 7.78. The van der Waals surface area contributed by atoms with E-state index in [-0.39, 0.29) is 15.2 Å². The Morgan fingerprint density at radius 2 is 2.42 bits per heavy atom. The predicted octanol–water partition coefficient (Wildman–Crippen LogP) is 2.69. The quantitative estimate of drug-likeness (QED) is 0.754. The van der Waals surface area contributed by atoms with Crippen LogP contribution >= 0.6 is 15.9 Å².